The molecule has 37 heavy (non-hydrogen) atoms. The number of likely N-dealkylation sites (tertiary alicyclic amines) is 1. The van der Waals surface area contributed by atoms with Crippen molar-refractivity contribution in [3.63, 3.8) is 0 Å². The Bertz CT molecular complexity index is 1220. The van der Waals surface area contributed by atoms with Crippen LogP contribution < -0.4 is 10.6 Å². The second kappa shape index (κ2) is 10.3. The lowest BCUT2D eigenvalue weighted by atomic mass is 9.85. The highest BCUT2D eigenvalue weighted by molar-refractivity contribution is 7.13. The minimum atomic E-state index is -1.02. The summed E-state index contributed by atoms with van der Waals surface area (Å²) in [5, 5.41) is 15.3. The summed E-state index contributed by atoms with van der Waals surface area (Å²) in [5.41, 5.74) is 3.30. The molecule has 196 valence electrons. The van der Waals surface area contributed by atoms with E-state index in [2.05, 4.69) is 21.7 Å². The van der Waals surface area contributed by atoms with E-state index < -0.39 is 28.8 Å². The van der Waals surface area contributed by atoms with Gasteiger partial charge >= 0.3 is 0 Å². The van der Waals surface area contributed by atoms with Crippen LogP contribution in [0.3, 0.4) is 0 Å². The largest absolute Gasteiger partial charge is 0.348 e. The minimum absolute atomic E-state index is 0.199. The third-order valence-corrected chi connectivity index (χ3v) is 8.38. The zero-order valence-corrected chi connectivity index (χ0v) is 22.9. The predicted octanol–water partition coefficient (Wildman–Crippen LogP) is 4.12. The van der Waals surface area contributed by atoms with Gasteiger partial charge in [0.05, 0.1) is 28.2 Å². The smallest absolute Gasteiger partial charge is 0.246 e. The molecule has 3 amide bonds. The highest BCUT2D eigenvalue weighted by atomic mass is 32.1. The maximum absolute atomic E-state index is 13.7. The van der Waals surface area contributed by atoms with Crippen LogP contribution in [-0.4, -0.2) is 46.2 Å². The molecule has 2 fully saturated rings. The fraction of sp³-hybridized carbons (Fsp3) is 0.536. The van der Waals surface area contributed by atoms with Gasteiger partial charge < -0.3 is 15.5 Å². The van der Waals surface area contributed by atoms with Crippen LogP contribution in [0.15, 0.2) is 29.8 Å². The number of aryl methyl sites for hydroxylation is 1. The van der Waals surface area contributed by atoms with Crippen molar-refractivity contribution in [2.24, 2.45) is 10.8 Å². The summed E-state index contributed by atoms with van der Waals surface area (Å²) in [6.07, 6.45) is 2.31. The molecule has 2 unspecified atom stereocenters. The average Bonchev–Trinajstić information content (AvgIpc) is 3.29. The molecule has 8 nitrogen and oxygen atoms in total. The topological polar surface area (TPSA) is 115 Å². The maximum atomic E-state index is 13.7. The highest BCUT2D eigenvalue weighted by Gasteiger charge is 2.53. The van der Waals surface area contributed by atoms with Gasteiger partial charge in [-0.2, -0.15) is 5.26 Å². The predicted molar refractivity (Wildman–Crippen MR) is 142 cm³/mol. The van der Waals surface area contributed by atoms with Crippen molar-refractivity contribution < 1.29 is 14.4 Å². The summed E-state index contributed by atoms with van der Waals surface area (Å²) in [7, 11) is 0. The standard InChI is InChI=1S/C28H35N5O3S/c1-17(19-8-10-20(11-9-19)22-18(2)30-16-37-22)31-24(34)21-7-6-14-33(21)25(35)23(27(3,4)5)32-26(36)28(15-29)12-13-28/h8-11,16-17,21,23H,6-7,12-14H2,1-5H3,(H,31,34)(H,32,36)/t17?,21-,23?/m0/s1. The molecular weight excluding hydrogens is 486 g/mol. The maximum Gasteiger partial charge on any atom is 0.246 e. The molecule has 9 heteroatoms. The Morgan fingerprint density at radius 2 is 1.86 bits per heavy atom. The number of carbonyl (C=O) groups excluding carboxylic acids is 3. The number of aromatic nitrogens is 1. The van der Waals surface area contributed by atoms with Crippen LogP contribution in [-0.2, 0) is 14.4 Å². The summed E-state index contributed by atoms with van der Waals surface area (Å²) in [6, 6.07) is 8.53. The van der Waals surface area contributed by atoms with E-state index >= 15 is 0 Å². The van der Waals surface area contributed by atoms with Gasteiger partial charge in [-0.25, -0.2) is 4.98 Å². The SMILES string of the molecule is Cc1ncsc1-c1ccc(C(C)NC(=O)[C@@H]2CCCN2C(=O)C(NC(=O)C2(C#N)CC2)C(C)(C)C)cc1. The van der Waals surface area contributed by atoms with Gasteiger partial charge in [-0.15, -0.1) is 11.3 Å². The number of amides is 3. The van der Waals surface area contributed by atoms with Crippen molar-refractivity contribution in [3.8, 4) is 16.5 Å². The van der Waals surface area contributed by atoms with Gasteiger partial charge in [-0.1, -0.05) is 45.0 Å². The molecule has 4 rings (SSSR count). The number of carbonyl (C=O) groups is 3. The van der Waals surface area contributed by atoms with Crippen LogP contribution >= 0.6 is 11.3 Å². The number of benzene rings is 1. The summed E-state index contributed by atoms with van der Waals surface area (Å²) >= 11 is 1.60. The van der Waals surface area contributed by atoms with Crippen LogP contribution in [0.5, 0.6) is 0 Å². The summed E-state index contributed by atoms with van der Waals surface area (Å²) in [4.78, 5) is 46.8. The molecule has 0 radical (unpaired) electrons. The van der Waals surface area contributed by atoms with Crippen LogP contribution in [0.25, 0.3) is 10.4 Å². The van der Waals surface area contributed by atoms with Gasteiger partial charge in [0, 0.05) is 6.54 Å². The second-order valence-electron chi connectivity index (χ2n) is 11.3. The van der Waals surface area contributed by atoms with Gasteiger partial charge in [0.25, 0.3) is 0 Å². The van der Waals surface area contributed by atoms with E-state index in [4.69, 9.17) is 0 Å². The van der Waals surface area contributed by atoms with E-state index in [0.29, 0.717) is 32.2 Å². The molecule has 1 aliphatic carbocycles. The van der Waals surface area contributed by atoms with Crippen molar-refractivity contribution in [2.45, 2.75) is 78.4 Å². The molecule has 0 spiro atoms. The molecule has 3 atom stereocenters. The normalized spacial score (nSPS) is 20.0. The lowest BCUT2D eigenvalue weighted by Crippen LogP contribution is -2.58. The number of thiazole rings is 1. The van der Waals surface area contributed by atoms with E-state index in [0.717, 1.165) is 21.7 Å². The summed E-state index contributed by atoms with van der Waals surface area (Å²) < 4.78 is 0. The van der Waals surface area contributed by atoms with E-state index in [1.807, 2.05) is 64.4 Å². The zero-order valence-electron chi connectivity index (χ0n) is 22.1. The Morgan fingerprint density at radius 1 is 1.19 bits per heavy atom. The van der Waals surface area contributed by atoms with Crippen molar-refractivity contribution in [3.05, 3.63) is 41.0 Å². The lowest BCUT2D eigenvalue weighted by Gasteiger charge is -2.36. The van der Waals surface area contributed by atoms with E-state index in [9.17, 15) is 19.6 Å². The monoisotopic (exact) mass is 521 g/mol. The van der Waals surface area contributed by atoms with Gasteiger partial charge in [0.1, 0.15) is 17.5 Å². The molecule has 1 saturated carbocycles. The molecule has 0 bridgehead atoms. The Labute approximate surface area is 222 Å². The van der Waals surface area contributed by atoms with Crippen LogP contribution in [0.1, 0.15) is 70.7 Å². The first-order valence-electron chi connectivity index (χ1n) is 12.8. The molecule has 1 aromatic heterocycles. The van der Waals surface area contributed by atoms with E-state index in [1.165, 1.54) is 0 Å². The molecule has 2 aromatic rings. The fourth-order valence-corrected chi connectivity index (χ4v) is 5.61. The second-order valence-corrected chi connectivity index (χ2v) is 12.1. The van der Waals surface area contributed by atoms with Crippen molar-refractivity contribution in [1.29, 1.82) is 5.26 Å². The third kappa shape index (κ3) is 5.54. The first-order valence-corrected chi connectivity index (χ1v) is 13.7. The quantitative estimate of drug-likeness (QED) is 0.569. The fourth-order valence-electron chi connectivity index (χ4n) is 4.80. The zero-order chi connectivity index (χ0) is 27.0. The summed E-state index contributed by atoms with van der Waals surface area (Å²) in [6.45, 7) is 10.0. The highest BCUT2D eigenvalue weighted by Crippen LogP contribution is 2.45. The third-order valence-electron chi connectivity index (χ3n) is 7.40. The van der Waals surface area contributed by atoms with Crippen LogP contribution in [0.4, 0.5) is 0 Å². The van der Waals surface area contributed by atoms with Crippen LogP contribution in [0.2, 0.25) is 0 Å². The van der Waals surface area contributed by atoms with E-state index in [1.54, 1.807) is 16.2 Å². The Morgan fingerprint density at radius 3 is 2.41 bits per heavy atom. The lowest BCUT2D eigenvalue weighted by molar-refractivity contribution is -0.144. The number of hydrogen-bond acceptors (Lipinski definition) is 6. The van der Waals surface area contributed by atoms with Crippen molar-refractivity contribution in [1.82, 2.24) is 20.5 Å². The first kappa shape index (κ1) is 26.8. The Hall–Kier alpha value is -3.25. The number of nitrogens with one attached hydrogen (secondary N) is 2. The van der Waals surface area contributed by atoms with Gasteiger partial charge in [0.2, 0.25) is 17.7 Å². The van der Waals surface area contributed by atoms with Gasteiger partial charge in [-0.05, 0) is 56.1 Å². The Balaban J connectivity index is 1.43. The van der Waals surface area contributed by atoms with Gasteiger partial charge in [-0.3, -0.25) is 14.4 Å². The summed E-state index contributed by atoms with van der Waals surface area (Å²) in [5.74, 6) is -0.867. The van der Waals surface area contributed by atoms with Crippen molar-refractivity contribution in [2.75, 3.05) is 6.54 Å². The van der Waals surface area contributed by atoms with Crippen molar-refractivity contribution >= 4 is 29.1 Å². The molecular formula is C28H35N5O3S. The number of hydrogen-bond donors (Lipinski definition) is 2. The van der Waals surface area contributed by atoms with Crippen LogP contribution in [0, 0.1) is 29.1 Å². The first-order chi connectivity index (χ1) is 17.5. The minimum Gasteiger partial charge on any atom is -0.348 e. The van der Waals surface area contributed by atoms with E-state index in [-0.39, 0.29) is 17.9 Å². The Kier molecular flexibility index (Phi) is 7.43. The average molecular weight is 522 g/mol. The number of nitriles is 1. The van der Waals surface area contributed by atoms with Gasteiger partial charge in [0.15, 0.2) is 0 Å². The molecule has 2 N–H and O–H groups in total. The molecule has 2 aliphatic rings. The number of nitrogens with zero attached hydrogens (tertiary/aromatic N) is 3. The molecule has 1 aliphatic heterocycles. The number of rotatable bonds is 7. The molecule has 1 aromatic carbocycles. The molecule has 1 saturated heterocycles. The molecule has 2 heterocycles.